The van der Waals surface area contributed by atoms with Gasteiger partial charge >= 0.3 is 0 Å². The van der Waals surface area contributed by atoms with Gasteiger partial charge in [0.1, 0.15) is 11.6 Å². The van der Waals surface area contributed by atoms with Crippen molar-refractivity contribution in [2.75, 3.05) is 26.4 Å². The van der Waals surface area contributed by atoms with E-state index >= 15 is 0 Å². The fraction of sp³-hybridized carbons (Fsp3) is 0.241. The van der Waals surface area contributed by atoms with Gasteiger partial charge in [-0.05, 0) is 84.0 Å². The molecule has 196 valence electrons. The van der Waals surface area contributed by atoms with Gasteiger partial charge in [-0.2, -0.15) is 5.11 Å². The summed E-state index contributed by atoms with van der Waals surface area (Å²) in [6.45, 7) is 2.77. The van der Waals surface area contributed by atoms with Crippen molar-refractivity contribution in [3.05, 3.63) is 107 Å². The highest BCUT2D eigenvalue weighted by atomic mass is 32.2. The summed E-state index contributed by atoms with van der Waals surface area (Å²) in [5, 5.41) is 3.69. The van der Waals surface area contributed by atoms with Crippen molar-refractivity contribution in [3.63, 3.8) is 0 Å². The number of nitrogens with zero attached hydrogens (tertiary/aromatic N) is 2. The zero-order valence-electron chi connectivity index (χ0n) is 20.8. The molecule has 0 aromatic heterocycles. The van der Waals surface area contributed by atoms with Gasteiger partial charge in [-0.1, -0.05) is 29.8 Å². The van der Waals surface area contributed by atoms with Gasteiger partial charge in [-0.3, -0.25) is 0 Å². The Balaban J connectivity index is 1.18. The average Bonchev–Trinajstić information content (AvgIpc) is 3.42. The standard InChI is InChI=1S/C29H28F2N4O2S/c30-23-5-1-20(2-6-23)29(21-3-7-24(31)8-4-21)22-11-14-35(15-12-22)16-13-25(34-32)18-33-38-26-9-10-27-28(17-26)37-19-36-27/h1-10,17-18,32-33H,11-16,19H2/b25-18-,34-32?. The normalized spacial score (nSPS) is 15.4. The second-order valence-corrected chi connectivity index (χ2v) is 9.98. The molecule has 0 aliphatic carbocycles. The molecule has 3 aromatic carbocycles. The van der Waals surface area contributed by atoms with E-state index in [9.17, 15) is 8.78 Å². The predicted molar refractivity (Wildman–Crippen MR) is 144 cm³/mol. The van der Waals surface area contributed by atoms with Crippen LogP contribution < -0.4 is 14.2 Å². The van der Waals surface area contributed by atoms with E-state index in [4.69, 9.17) is 15.0 Å². The van der Waals surface area contributed by atoms with Crippen LogP contribution in [0.5, 0.6) is 11.5 Å². The summed E-state index contributed by atoms with van der Waals surface area (Å²) >= 11 is 1.42. The van der Waals surface area contributed by atoms with Crippen LogP contribution in [-0.2, 0) is 0 Å². The number of ether oxygens (including phenoxy) is 2. The lowest BCUT2D eigenvalue weighted by Crippen LogP contribution is -2.32. The fourth-order valence-corrected chi connectivity index (χ4v) is 5.28. The minimum Gasteiger partial charge on any atom is -0.454 e. The molecule has 1 fully saturated rings. The van der Waals surface area contributed by atoms with Gasteiger partial charge in [0, 0.05) is 37.2 Å². The van der Waals surface area contributed by atoms with Crippen molar-refractivity contribution in [3.8, 4) is 11.5 Å². The highest BCUT2D eigenvalue weighted by Crippen LogP contribution is 2.35. The number of fused-ring (bicyclic) bond motifs is 1. The first kappa shape index (κ1) is 25.9. The minimum atomic E-state index is -0.278. The third-order valence-corrected chi connectivity index (χ3v) is 7.38. The molecule has 6 nitrogen and oxygen atoms in total. The van der Waals surface area contributed by atoms with Crippen molar-refractivity contribution < 1.29 is 18.3 Å². The van der Waals surface area contributed by atoms with Gasteiger partial charge in [0.05, 0.1) is 5.70 Å². The number of halogens is 2. The molecule has 0 atom stereocenters. The first-order valence-electron chi connectivity index (χ1n) is 12.4. The average molecular weight is 535 g/mol. The van der Waals surface area contributed by atoms with E-state index in [2.05, 4.69) is 14.7 Å². The Morgan fingerprint density at radius 3 is 2.18 bits per heavy atom. The maximum Gasteiger partial charge on any atom is 0.231 e. The monoisotopic (exact) mass is 534 g/mol. The SMILES string of the molecule is N=N/C(=C\NSc1ccc2c(c1)OCO2)CCN1CCC(=C(c2ccc(F)cc2)c2ccc(F)cc2)CC1. The zero-order chi connectivity index (χ0) is 26.3. The second kappa shape index (κ2) is 12.2. The molecule has 0 amide bonds. The molecular formula is C29H28F2N4O2S. The number of rotatable bonds is 9. The van der Waals surface area contributed by atoms with E-state index in [1.54, 1.807) is 30.5 Å². The highest BCUT2D eigenvalue weighted by molar-refractivity contribution is 7.97. The summed E-state index contributed by atoms with van der Waals surface area (Å²) in [5.74, 6) is 0.916. The van der Waals surface area contributed by atoms with Gasteiger partial charge in [0.2, 0.25) is 6.79 Å². The number of likely N-dealkylation sites (tertiary alicyclic amines) is 1. The highest BCUT2D eigenvalue weighted by Gasteiger charge is 2.19. The Labute approximate surface area is 225 Å². The second-order valence-electron chi connectivity index (χ2n) is 9.07. The molecule has 0 radical (unpaired) electrons. The number of piperidine rings is 1. The van der Waals surface area contributed by atoms with Crippen LogP contribution in [0.2, 0.25) is 0 Å². The Kier molecular flexibility index (Phi) is 8.35. The van der Waals surface area contributed by atoms with Crippen LogP contribution in [-0.4, -0.2) is 31.3 Å². The van der Waals surface area contributed by atoms with Crippen LogP contribution in [0.3, 0.4) is 0 Å². The van der Waals surface area contributed by atoms with Crippen LogP contribution in [0, 0.1) is 17.2 Å². The molecule has 2 N–H and O–H groups in total. The molecule has 0 unspecified atom stereocenters. The Morgan fingerprint density at radius 1 is 0.921 bits per heavy atom. The number of benzene rings is 3. The summed E-state index contributed by atoms with van der Waals surface area (Å²) in [6, 6.07) is 18.7. The molecule has 2 aliphatic heterocycles. The summed E-state index contributed by atoms with van der Waals surface area (Å²) < 4.78 is 41.1. The van der Waals surface area contributed by atoms with E-state index in [1.165, 1.54) is 41.8 Å². The van der Waals surface area contributed by atoms with Gasteiger partial charge in [-0.15, -0.1) is 0 Å². The lowest BCUT2D eigenvalue weighted by Gasteiger charge is -2.30. The maximum atomic E-state index is 13.6. The molecule has 38 heavy (non-hydrogen) atoms. The summed E-state index contributed by atoms with van der Waals surface area (Å²) in [5.41, 5.74) is 12.4. The quantitative estimate of drug-likeness (QED) is 0.225. The van der Waals surface area contributed by atoms with Crippen LogP contribution >= 0.6 is 11.9 Å². The molecule has 2 aliphatic rings. The van der Waals surface area contributed by atoms with Crippen LogP contribution in [0.4, 0.5) is 8.78 Å². The van der Waals surface area contributed by atoms with Crippen molar-refractivity contribution in [1.29, 1.82) is 5.53 Å². The number of nitrogens with one attached hydrogen (secondary N) is 2. The predicted octanol–water partition coefficient (Wildman–Crippen LogP) is 7.15. The van der Waals surface area contributed by atoms with Crippen LogP contribution in [0.1, 0.15) is 30.4 Å². The smallest absolute Gasteiger partial charge is 0.231 e. The molecule has 0 bridgehead atoms. The molecule has 9 heteroatoms. The van der Waals surface area contributed by atoms with E-state index in [-0.39, 0.29) is 18.4 Å². The number of hydrogen-bond donors (Lipinski definition) is 2. The molecule has 5 rings (SSSR count). The van der Waals surface area contributed by atoms with Gasteiger partial charge in [-0.25, -0.2) is 14.3 Å². The summed E-state index contributed by atoms with van der Waals surface area (Å²) in [4.78, 5) is 3.34. The molecule has 0 saturated carbocycles. The molecule has 0 spiro atoms. The van der Waals surface area contributed by atoms with Crippen LogP contribution in [0.15, 0.2) is 94.2 Å². The Bertz CT molecular complexity index is 1290. The first-order chi connectivity index (χ1) is 18.6. The van der Waals surface area contributed by atoms with E-state index < -0.39 is 0 Å². The van der Waals surface area contributed by atoms with E-state index in [1.807, 2.05) is 18.2 Å². The fourth-order valence-electron chi connectivity index (χ4n) is 4.64. The summed E-state index contributed by atoms with van der Waals surface area (Å²) in [6.07, 6.45) is 4.14. The topological polar surface area (TPSA) is 69.9 Å². The molecule has 2 heterocycles. The Hall–Kier alpha value is -3.69. The lowest BCUT2D eigenvalue weighted by atomic mass is 9.88. The summed E-state index contributed by atoms with van der Waals surface area (Å²) in [7, 11) is 0. The van der Waals surface area contributed by atoms with Crippen molar-refractivity contribution >= 4 is 17.5 Å². The molecule has 3 aromatic rings. The Morgan fingerprint density at radius 2 is 1.55 bits per heavy atom. The third-order valence-electron chi connectivity index (χ3n) is 6.65. The van der Waals surface area contributed by atoms with Crippen LogP contribution in [0.25, 0.3) is 5.57 Å². The molecular weight excluding hydrogens is 506 g/mol. The van der Waals surface area contributed by atoms with Crippen molar-refractivity contribution in [2.24, 2.45) is 5.11 Å². The largest absolute Gasteiger partial charge is 0.454 e. The lowest BCUT2D eigenvalue weighted by molar-refractivity contribution is 0.174. The zero-order valence-corrected chi connectivity index (χ0v) is 21.6. The maximum absolute atomic E-state index is 13.6. The van der Waals surface area contributed by atoms with Gasteiger partial charge in [0.25, 0.3) is 0 Å². The van der Waals surface area contributed by atoms with Gasteiger partial charge < -0.3 is 19.1 Å². The van der Waals surface area contributed by atoms with Crippen molar-refractivity contribution in [2.45, 2.75) is 24.2 Å². The number of hydrogen-bond acceptors (Lipinski definition) is 7. The van der Waals surface area contributed by atoms with Crippen molar-refractivity contribution in [1.82, 2.24) is 9.62 Å². The van der Waals surface area contributed by atoms with E-state index in [0.717, 1.165) is 65.6 Å². The van der Waals surface area contributed by atoms with E-state index in [0.29, 0.717) is 12.1 Å². The third kappa shape index (κ3) is 6.41. The molecule has 1 saturated heterocycles. The first-order valence-corrected chi connectivity index (χ1v) is 13.3. The van der Waals surface area contributed by atoms with Gasteiger partial charge in [0.15, 0.2) is 11.5 Å². The minimum absolute atomic E-state index is 0.242.